The molecule has 0 saturated carbocycles. The van der Waals surface area contributed by atoms with E-state index >= 15 is 0 Å². The van der Waals surface area contributed by atoms with Gasteiger partial charge in [0.15, 0.2) is 22.4 Å². The van der Waals surface area contributed by atoms with Gasteiger partial charge in [0.25, 0.3) is 11.5 Å². The summed E-state index contributed by atoms with van der Waals surface area (Å²) in [4.78, 5) is 43.4. The summed E-state index contributed by atoms with van der Waals surface area (Å²) in [6, 6.07) is 9.88. The molecular weight excluding hydrogens is 466 g/mol. The van der Waals surface area contributed by atoms with Gasteiger partial charge in [-0.05, 0) is 56.2 Å². The van der Waals surface area contributed by atoms with Crippen molar-refractivity contribution in [3.8, 4) is 11.5 Å². The summed E-state index contributed by atoms with van der Waals surface area (Å²) in [5.41, 5.74) is 1.13. The van der Waals surface area contributed by atoms with E-state index in [0.717, 1.165) is 0 Å². The number of nitrogens with zero attached hydrogens (tertiary/aromatic N) is 2. The molecule has 0 radical (unpaired) electrons. The van der Waals surface area contributed by atoms with Crippen LogP contribution in [0, 0.1) is 5.92 Å². The molecule has 35 heavy (non-hydrogen) atoms. The Balaban J connectivity index is 1.96. The first kappa shape index (κ1) is 26.3. The van der Waals surface area contributed by atoms with E-state index in [1.807, 2.05) is 27.7 Å². The highest BCUT2D eigenvalue weighted by molar-refractivity contribution is 7.99. The number of methoxy groups -OCH3 is 2. The van der Waals surface area contributed by atoms with Crippen LogP contribution in [0.2, 0.25) is 0 Å². The SMILES string of the molecule is COc1ccc(C(=O)CSc2nc3cc(C(=O)NC(C)C)ccc3c(=O)n2CC(C)C)cc1OC. The average Bonchev–Trinajstić information content (AvgIpc) is 2.83. The van der Waals surface area contributed by atoms with Gasteiger partial charge in [-0.3, -0.25) is 19.0 Å². The van der Waals surface area contributed by atoms with Gasteiger partial charge in [-0.25, -0.2) is 4.98 Å². The highest BCUT2D eigenvalue weighted by Gasteiger charge is 2.18. The van der Waals surface area contributed by atoms with Crippen LogP contribution in [0.4, 0.5) is 0 Å². The smallest absolute Gasteiger partial charge is 0.262 e. The summed E-state index contributed by atoms with van der Waals surface area (Å²) >= 11 is 1.20. The number of hydrogen-bond donors (Lipinski definition) is 1. The molecule has 1 amide bonds. The van der Waals surface area contributed by atoms with E-state index in [-0.39, 0.29) is 35.0 Å². The maximum Gasteiger partial charge on any atom is 0.262 e. The number of ketones is 1. The van der Waals surface area contributed by atoms with Gasteiger partial charge in [0.05, 0.1) is 30.9 Å². The van der Waals surface area contributed by atoms with Crippen LogP contribution < -0.4 is 20.3 Å². The summed E-state index contributed by atoms with van der Waals surface area (Å²) < 4.78 is 12.1. The van der Waals surface area contributed by atoms with Gasteiger partial charge in [0.2, 0.25) is 0 Å². The number of ether oxygens (including phenoxy) is 2. The van der Waals surface area contributed by atoms with Gasteiger partial charge >= 0.3 is 0 Å². The predicted molar refractivity (Wildman–Crippen MR) is 138 cm³/mol. The topological polar surface area (TPSA) is 99.5 Å². The minimum atomic E-state index is -0.229. The van der Waals surface area contributed by atoms with Crippen LogP contribution in [0.3, 0.4) is 0 Å². The molecule has 0 spiro atoms. The van der Waals surface area contributed by atoms with Crippen LogP contribution in [-0.4, -0.2) is 47.3 Å². The number of aromatic nitrogens is 2. The molecule has 9 heteroatoms. The summed E-state index contributed by atoms with van der Waals surface area (Å²) in [5.74, 6) is 0.925. The normalized spacial score (nSPS) is 11.2. The molecule has 0 fully saturated rings. The van der Waals surface area contributed by atoms with Gasteiger partial charge < -0.3 is 14.8 Å². The van der Waals surface area contributed by atoms with Crippen molar-refractivity contribution >= 4 is 34.4 Å². The number of fused-ring (bicyclic) bond motifs is 1. The van der Waals surface area contributed by atoms with E-state index in [0.29, 0.717) is 45.2 Å². The van der Waals surface area contributed by atoms with Gasteiger partial charge in [0, 0.05) is 23.7 Å². The van der Waals surface area contributed by atoms with Crippen molar-refractivity contribution in [1.29, 1.82) is 0 Å². The summed E-state index contributed by atoms with van der Waals surface area (Å²) in [7, 11) is 3.05. The lowest BCUT2D eigenvalue weighted by Crippen LogP contribution is -2.30. The van der Waals surface area contributed by atoms with E-state index in [1.54, 1.807) is 41.0 Å². The lowest BCUT2D eigenvalue weighted by Gasteiger charge is -2.15. The molecule has 186 valence electrons. The van der Waals surface area contributed by atoms with E-state index in [1.165, 1.54) is 26.0 Å². The van der Waals surface area contributed by atoms with Crippen LogP contribution in [0.25, 0.3) is 10.9 Å². The van der Waals surface area contributed by atoms with Gasteiger partial charge in [-0.2, -0.15) is 0 Å². The Hall–Kier alpha value is -3.33. The third-order valence-electron chi connectivity index (χ3n) is 5.19. The fourth-order valence-electron chi connectivity index (χ4n) is 3.55. The number of rotatable bonds is 10. The summed E-state index contributed by atoms with van der Waals surface area (Å²) in [5, 5.41) is 3.72. The number of nitrogens with one attached hydrogen (secondary N) is 1. The minimum Gasteiger partial charge on any atom is -0.493 e. The van der Waals surface area contributed by atoms with Crippen molar-refractivity contribution < 1.29 is 19.1 Å². The van der Waals surface area contributed by atoms with Crippen molar-refractivity contribution in [1.82, 2.24) is 14.9 Å². The van der Waals surface area contributed by atoms with E-state index in [4.69, 9.17) is 9.47 Å². The molecule has 0 aliphatic carbocycles. The number of thioether (sulfide) groups is 1. The first-order valence-corrected chi connectivity index (χ1v) is 12.4. The van der Waals surface area contributed by atoms with Gasteiger partial charge in [-0.15, -0.1) is 0 Å². The second-order valence-electron chi connectivity index (χ2n) is 8.85. The molecule has 3 rings (SSSR count). The Labute approximate surface area is 209 Å². The maximum atomic E-state index is 13.3. The van der Waals surface area contributed by atoms with Crippen LogP contribution >= 0.6 is 11.8 Å². The number of hydrogen-bond acceptors (Lipinski definition) is 7. The van der Waals surface area contributed by atoms with Crippen molar-refractivity contribution in [3.63, 3.8) is 0 Å². The van der Waals surface area contributed by atoms with E-state index < -0.39 is 0 Å². The van der Waals surface area contributed by atoms with Crippen molar-refractivity contribution in [3.05, 3.63) is 57.9 Å². The number of carbonyl (C=O) groups is 2. The first-order chi connectivity index (χ1) is 16.6. The maximum absolute atomic E-state index is 13.3. The molecule has 0 bridgehead atoms. The number of amides is 1. The van der Waals surface area contributed by atoms with Crippen LogP contribution in [0.15, 0.2) is 46.3 Å². The lowest BCUT2D eigenvalue weighted by atomic mass is 10.1. The molecule has 0 saturated heterocycles. The Morgan fingerprint density at radius 3 is 2.31 bits per heavy atom. The Morgan fingerprint density at radius 2 is 1.69 bits per heavy atom. The zero-order valence-corrected chi connectivity index (χ0v) is 21.7. The van der Waals surface area contributed by atoms with Crippen LogP contribution in [0.1, 0.15) is 48.4 Å². The predicted octanol–water partition coefficient (Wildman–Crippen LogP) is 4.18. The highest BCUT2D eigenvalue weighted by Crippen LogP contribution is 2.29. The Kier molecular flexibility index (Phi) is 8.56. The van der Waals surface area contributed by atoms with Gasteiger partial charge in [-0.1, -0.05) is 25.6 Å². The van der Waals surface area contributed by atoms with E-state index in [2.05, 4.69) is 10.3 Å². The first-order valence-electron chi connectivity index (χ1n) is 11.4. The fraction of sp³-hybridized carbons (Fsp3) is 0.385. The third-order valence-corrected chi connectivity index (χ3v) is 6.16. The van der Waals surface area contributed by atoms with Gasteiger partial charge in [0.1, 0.15) is 0 Å². The average molecular weight is 498 g/mol. The van der Waals surface area contributed by atoms with Crippen LogP contribution in [0.5, 0.6) is 11.5 Å². The molecule has 0 unspecified atom stereocenters. The largest absolute Gasteiger partial charge is 0.493 e. The van der Waals surface area contributed by atoms with Crippen molar-refractivity contribution in [2.75, 3.05) is 20.0 Å². The molecule has 8 nitrogen and oxygen atoms in total. The number of carbonyl (C=O) groups excluding carboxylic acids is 2. The zero-order valence-electron chi connectivity index (χ0n) is 20.9. The third kappa shape index (κ3) is 6.22. The standard InChI is InChI=1S/C26H31N3O5S/c1-15(2)13-29-25(32)19-9-7-18(24(31)27-16(3)4)11-20(19)28-26(29)35-14-21(30)17-8-10-22(33-5)23(12-17)34-6/h7-12,15-16H,13-14H2,1-6H3,(H,27,31). The summed E-state index contributed by atoms with van der Waals surface area (Å²) in [6.45, 7) is 8.25. The fourth-order valence-corrected chi connectivity index (χ4v) is 4.45. The second kappa shape index (κ2) is 11.4. The van der Waals surface area contributed by atoms with Crippen molar-refractivity contribution in [2.45, 2.75) is 45.4 Å². The molecule has 1 aromatic heterocycles. The zero-order chi connectivity index (χ0) is 25.7. The Bertz CT molecular complexity index is 1300. The monoisotopic (exact) mass is 497 g/mol. The lowest BCUT2D eigenvalue weighted by molar-refractivity contribution is 0.0942. The highest BCUT2D eigenvalue weighted by atomic mass is 32.2. The number of benzene rings is 2. The quantitative estimate of drug-likeness (QED) is 0.255. The second-order valence-corrected chi connectivity index (χ2v) is 9.79. The minimum absolute atomic E-state index is 0.0149. The molecule has 0 atom stereocenters. The van der Waals surface area contributed by atoms with Crippen LogP contribution in [-0.2, 0) is 6.54 Å². The molecule has 0 aliphatic heterocycles. The summed E-state index contributed by atoms with van der Waals surface area (Å²) in [6.07, 6.45) is 0. The Morgan fingerprint density at radius 1 is 1.00 bits per heavy atom. The molecule has 1 N–H and O–H groups in total. The van der Waals surface area contributed by atoms with E-state index in [9.17, 15) is 14.4 Å². The molecule has 1 heterocycles. The number of Topliss-reactive ketones (excluding diaryl/α,β-unsaturated/α-hetero) is 1. The molecule has 3 aromatic rings. The molecule has 2 aromatic carbocycles. The molecular formula is C26H31N3O5S. The van der Waals surface area contributed by atoms with Crippen molar-refractivity contribution in [2.24, 2.45) is 5.92 Å². The molecule has 0 aliphatic rings.